The summed E-state index contributed by atoms with van der Waals surface area (Å²) in [5.41, 5.74) is 0. The number of phosphoric ester groups is 1. The Morgan fingerprint density at radius 1 is 0.571 bits per heavy atom. The molecule has 8 nitrogen and oxygen atoms in total. The monoisotopic (exact) mass is 899 g/mol. The van der Waals surface area contributed by atoms with Crippen molar-refractivity contribution in [2.75, 3.05) is 40.9 Å². The molecule has 0 heterocycles. The number of aliphatic hydroxyl groups is 1. The number of carbonyl (C=O) groups is 1. The minimum Gasteiger partial charge on any atom is -0.756 e. The number of carbonyl (C=O) groups excluding carboxylic acids is 1. The Morgan fingerprint density at radius 3 is 1.48 bits per heavy atom. The Labute approximate surface area is 388 Å². The molecule has 0 aliphatic rings. The first kappa shape index (κ1) is 60.4. The molecule has 0 aliphatic carbocycles. The molecule has 0 aromatic carbocycles. The van der Waals surface area contributed by atoms with Crippen molar-refractivity contribution in [2.24, 2.45) is 0 Å². The molecule has 0 saturated carbocycles. The zero-order valence-electron chi connectivity index (χ0n) is 41.0. The first-order valence-corrected chi connectivity index (χ1v) is 26.6. The standard InChI is InChI=1S/C54H95N2O6P/c1-6-8-10-12-14-16-18-20-22-24-26-27-28-29-30-32-34-36-38-40-42-44-46-48-54(58)55-52(51-62-63(59,60)61-50-49-56(3,4)5)53(57)47-45-43-41-39-37-35-33-31-25-23-21-19-17-15-13-11-9-7-2/h8,10,14,16,20,22,26-27,29-30,34,36-37,39,45,47,52-53,57H,6-7,9,11-13,15,17-19,21,23-25,28,31-33,35,38,40-44,46,48-51H2,1-5H3,(H-,55,58,59,60)/b10-8-,16-14-,22-20-,27-26-,30-29-,36-34-,39-37+,47-45+. The lowest BCUT2D eigenvalue weighted by Crippen LogP contribution is -2.45. The highest BCUT2D eigenvalue weighted by Gasteiger charge is 2.23. The minimum atomic E-state index is -4.61. The van der Waals surface area contributed by atoms with E-state index in [1.807, 2.05) is 27.2 Å². The smallest absolute Gasteiger partial charge is 0.268 e. The van der Waals surface area contributed by atoms with Crippen molar-refractivity contribution in [3.63, 3.8) is 0 Å². The summed E-state index contributed by atoms with van der Waals surface area (Å²) >= 11 is 0. The molecule has 0 radical (unpaired) electrons. The van der Waals surface area contributed by atoms with E-state index in [9.17, 15) is 19.4 Å². The number of unbranched alkanes of at least 4 members (excludes halogenated alkanes) is 17. The quantitative estimate of drug-likeness (QED) is 0.0273. The Kier molecular flexibility index (Phi) is 42.8. The molecule has 362 valence electrons. The number of quaternary nitrogens is 1. The summed E-state index contributed by atoms with van der Waals surface area (Å²) in [5.74, 6) is -0.236. The molecule has 0 fully saturated rings. The van der Waals surface area contributed by atoms with E-state index >= 15 is 0 Å². The van der Waals surface area contributed by atoms with E-state index in [1.54, 1.807) is 6.08 Å². The van der Waals surface area contributed by atoms with Gasteiger partial charge in [0, 0.05) is 6.42 Å². The zero-order chi connectivity index (χ0) is 46.4. The average Bonchev–Trinajstić information content (AvgIpc) is 3.24. The lowest BCUT2D eigenvalue weighted by atomic mass is 10.0. The van der Waals surface area contributed by atoms with Crippen molar-refractivity contribution in [2.45, 2.75) is 199 Å². The van der Waals surface area contributed by atoms with Gasteiger partial charge in [-0.15, -0.1) is 0 Å². The lowest BCUT2D eigenvalue weighted by molar-refractivity contribution is -0.870. The number of hydrogen-bond donors (Lipinski definition) is 2. The number of aliphatic hydroxyl groups excluding tert-OH is 1. The summed E-state index contributed by atoms with van der Waals surface area (Å²) in [4.78, 5) is 25.4. The third kappa shape index (κ3) is 47.2. The third-order valence-corrected chi connectivity index (χ3v) is 11.5. The van der Waals surface area contributed by atoms with Crippen LogP contribution >= 0.6 is 7.82 Å². The lowest BCUT2D eigenvalue weighted by Gasteiger charge is -2.29. The van der Waals surface area contributed by atoms with Gasteiger partial charge in [-0.05, 0) is 83.5 Å². The van der Waals surface area contributed by atoms with Crippen LogP contribution in [0.1, 0.15) is 187 Å². The molecule has 0 aromatic heterocycles. The number of amides is 1. The molecule has 2 N–H and O–H groups in total. The van der Waals surface area contributed by atoms with Crippen LogP contribution in [-0.2, 0) is 18.4 Å². The summed E-state index contributed by atoms with van der Waals surface area (Å²) < 4.78 is 23.2. The molecule has 0 aromatic rings. The van der Waals surface area contributed by atoms with Gasteiger partial charge in [0.25, 0.3) is 7.82 Å². The highest BCUT2D eigenvalue weighted by molar-refractivity contribution is 7.45. The highest BCUT2D eigenvalue weighted by atomic mass is 31.2. The van der Waals surface area contributed by atoms with Crippen LogP contribution in [-0.4, -0.2) is 68.5 Å². The number of phosphoric acid groups is 1. The largest absolute Gasteiger partial charge is 0.756 e. The maximum Gasteiger partial charge on any atom is 0.268 e. The van der Waals surface area contributed by atoms with Gasteiger partial charge in [-0.3, -0.25) is 9.36 Å². The predicted octanol–water partition coefficient (Wildman–Crippen LogP) is 14.1. The van der Waals surface area contributed by atoms with E-state index in [0.29, 0.717) is 17.4 Å². The van der Waals surface area contributed by atoms with Gasteiger partial charge in [-0.2, -0.15) is 0 Å². The third-order valence-electron chi connectivity index (χ3n) is 10.5. The summed E-state index contributed by atoms with van der Waals surface area (Å²) in [6.07, 6.45) is 63.2. The van der Waals surface area contributed by atoms with Crippen molar-refractivity contribution in [3.05, 3.63) is 97.2 Å². The molecule has 0 saturated heterocycles. The second-order valence-corrected chi connectivity index (χ2v) is 19.2. The number of hydrogen-bond acceptors (Lipinski definition) is 6. The highest BCUT2D eigenvalue weighted by Crippen LogP contribution is 2.38. The normalized spacial score (nSPS) is 15.0. The van der Waals surface area contributed by atoms with Gasteiger partial charge >= 0.3 is 0 Å². The molecule has 3 unspecified atom stereocenters. The van der Waals surface area contributed by atoms with Crippen molar-refractivity contribution in [1.29, 1.82) is 0 Å². The maximum absolute atomic E-state index is 12.9. The Morgan fingerprint density at radius 2 is 0.984 bits per heavy atom. The first-order valence-electron chi connectivity index (χ1n) is 25.1. The van der Waals surface area contributed by atoms with Gasteiger partial charge in [-0.25, -0.2) is 0 Å². The fraction of sp³-hybridized carbons (Fsp3) is 0.685. The van der Waals surface area contributed by atoms with Crippen LogP contribution in [0.3, 0.4) is 0 Å². The molecular weight excluding hydrogens is 804 g/mol. The predicted molar refractivity (Wildman–Crippen MR) is 269 cm³/mol. The Hall–Kier alpha value is -2.58. The van der Waals surface area contributed by atoms with E-state index < -0.39 is 26.6 Å². The molecule has 63 heavy (non-hydrogen) atoms. The van der Waals surface area contributed by atoms with E-state index in [4.69, 9.17) is 9.05 Å². The van der Waals surface area contributed by atoms with Crippen LogP contribution < -0.4 is 10.2 Å². The first-order chi connectivity index (χ1) is 30.5. The second-order valence-electron chi connectivity index (χ2n) is 17.8. The van der Waals surface area contributed by atoms with Gasteiger partial charge < -0.3 is 28.8 Å². The van der Waals surface area contributed by atoms with E-state index in [-0.39, 0.29) is 12.5 Å². The van der Waals surface area contributed by atoms with Crippen LogP contribution in [0.2, 0.25) is 0 Å². The fourth-order valence-corrected chi connectivity index (χ4v) is 7.30. The van der Waals surface area contributed by atoms with Gasteiger partial charge in [0.1, 0.15) is 13.2 Å². The van der Waals surface area contributed by atoms with E-state index in [0.717, 1.165) is 89.9 Å². The van der Waals surface area contributed by atoms with Crippen molar-refractivity contribution in [1.82, 2.24) is 5.32 Å². The summed E-state index contributed by atoms with van der Waals surface area (Å²) in [5, 5.41) is 13.8. The Bertz CT molecular complexity index is 1340. The SMILES string of the molecule is CC/C=C\C/C=C\C/C=C\C/C=C\C/C=C\C/C=C\CCCCCCC(=O)NC(COP(=O)([O-])OCC[N+](C)(C)C)C(O)/C=C/CC/C=C/CCCCCCCCCCCCCC. The second kappa shape index (κ2) is 44.6. The molecule has 0 spiro atoms. The Balaban J connectivity index is 4.46. The number of rotatable bonds is 44. The van der Waals surface area contributed by atoms with Crippen LogP contribution in [0.25, 0.3) is 0 Å². The number of allylic oxidation sites excluding steroid dienone is 15. The molecular formula is C54H95N2O6P. The van der Waals surface area contributed by atoms with Crippen molar-refractivity contribution >= 4 is 13.7 Å². The average molecular weight is 899 g/mol. The molecule has 3 atom stereocenters. The number of nitrogens with zero attached hydrogens (tertiary/aromatic N) is 1. The van der Waals surface area contributed by atoms with Crippen LogP contribution in [0, 0.1) is 0 Å². The van der Waals surface area contributed by atoms with Gasteiger partial charge in [-0.1, -0.05) is 195 Å². The maximum atomic E-state index is 12.9. The summed E-state index contributed by atoms with van der Waals surface area (Å²) in [7, 11) is 1.21. The zero-order valence-corrected chi connectivity index (χ0v) is 41.9. The number of nitrogens with one attached hydrogen (secondary N) is 1. The number of likely N-dealkylation sites (N-methyl/N-ethyl adjacent to an activating group) is 1. The van der Waals surface area contributed by atoms with Gasteiger partial charge in [0.15, 0.2) is 0 Å². The van der Waals surface area contributed by atoms with Crippen LogP contribution in [0.15, 0.2) is 97.2 Å². The molecule has 1 amide bonds. The molecule has 0 rings (SSSR count). The topological polar surface area (TPSA) is 108 Å². The van der Waals surface area contributed by atoms with Crippen molar-refractivity contribution in [3.8, 4) is 0 Å². The van der Waals surface area contributed by atoms with Crippen LogP contribution in [0.5, 0.6) is 0 Å². The molecule has 0 bridgehead atoms. The van der Waals surface area contributed by atoms with Gasteiger partial charge in [0.05, 0.1) is 39.9 Å². The van der Waals surface area contributed by atoms with Gasteiger partial charge in [0.2, 0.25) is 5.91 Å². The minimum absolute atomic E-state index is 0.0172. The molecule has 9 heteroatoms. The van der Waals surface area contributed by atoms with E-state index in [2.05, 4.69) is 104 Å². The van der Waals surface area contributed by atoms with Crippen molar-refractivity contribution < 1.29 is 32.9 Å². The molecule has 0 aliphatic heterocycles. The van der Waals surface area contributed by atoms with Crippen LogP contribution in [0.4, 0.5) is 0 Å². The van der Waals surface area contributed by atoms with E-state index in [1.165, 1.54) is 77.0 Å². The summed E-state index contributed by atoms with van der Waals surface area (Å²) in [6, 6.07) is -0.924. The fourth-order valence-electron chi connectivity index (χ4n) is 6.58. The summed E-state index contributed by atoms with van der Waals surface area (Å²) in [6.45, 7) is 4.48.